The zero-order chi connectivity index (χ0) is 17.3. The Kier molecular flexibility index (Phi) is 4.55. The molecule has 1 saturated heterocycles. The summed E-state index contributed by atoms with van der Waals surface area (Å²) in [5, 5.41) is 16.0. The van der Waals surface area contributed by atoms with Gasteiger partial charge in [-0.3, -0.25) is 14.6 Å². The zero-order valence-electron chi connectivity index (χ0n) is 12.8. The first kappa shape index (κ1) is 16.7. The van der Waals surface area contributed by atoms with E-state index in [1.54, 1.807) is 13.0 Å². The van der Waals surface area contributed by atoms with Gasteiger partial charge in [0, 0.05) is 6.04 Å². The fourth-order valence-electron chi connectivity index (χ4n) is 3.17. The molecule has 10 heteroatoms. The normalized spacial score (nSPS) is 27.3. The van der Waals surface area contributed by atoms with Crippen molar-refractivity contribution in [2.24, 2.45) is 28.6 Å². The van der Waals surface area contributed by atoms with Crippen molar-refractivity contribution in [1.29, 1.82) is 0 Å². The topological polar surface area (TPSA) is 154 Å². The highest BCUT2D eigenvalue weighted by Crippen LogP contribution is 2.43. The summed E-state index contributed by atoms with van der Waals surface area (Å²) >= 11 is 0. The molecule has 2 rings (SSSR count). The number of hydrogen-bond acceptors (Lipinski definition) is 6. The van der Waals surface area contributed by atoms with Gasteiger partial charge in [-0.2, -0.15) is 5.10 Å². The fourth-order valence-corrected chi connectivity index (χ4v) is 3.17. The minimum Gasteiger partial charge on any atom is -0.477 e. The third-order valence-corrected chi connectivity index (χ3v) is 4.10. The molecule has 0 radical (unpaired) electrons. The van der Waals surface area contributed by atoms with Gasteiger partial charge < -0.3 is 21.2 Å². The number of carbonyl (C=O) groups is 3. The van der Waals surface area contributed by atoms with Gasteiger partial charge in [0.05, 0.1) is 12.0 Å². The van der Waals surface area contributed by atoms with Crippen LogP contribution in [-0.2, 0) is 14.4 Å². The summed E-state index contributed by atoms with van der Waals surface area (Å²) in [6.07, 6.45) is 2.67. The second-order valence-corrected chi connectivity index (χ2v) is 5.73. The number of aliphatic carboxylic acids is 1. The van der Waals surface area contributed by atoms with Crippen LogP contribution in [0.3, 0.4) is 0 Å². The van der Waals surface area contributed by atoms with Crippen LogP contribution >= 0.6 is 0 Å². The molecule has 1 fully saturated rings. The Morgan fingerprint density at radius 3 is 2.83 bits per heavy atom. The molecule has 0 aliphatic carbocycles. The summed E-state index contributed by atoms with van der Waals surface area (Å²) in [7, 11) is 0. The van der Waals surface area contributed by atoms with Crippen molar-refractivity contribution in [3.05, 3.63) is 11.8 Å². The van der Waals surface area contributed by atoms with Gasteiger partial charge >= 0.3 is 5.97 Å². The lowest BCUT2D eigenvalue weighted by Crippen LogP contribution is -2.66. The van der Waals surface area contributed by atoms with E-state index in [-0.39, 0.29) is 36.0 Å². The lowest BCUT2D eigenvalue weighted by atomic mass is 9.78. The van der Waals surface area contributed by atoms with Gasteiger partial charge in [0.25, 0.3) is 0 Å². The Balaban J connectivity index is 1.98. The molecule has 6 N–H and O–H groups in total. The highest BCUT2D eigenvalue weighted by molar-refractivity contribution is 5.99. The molecule has 4 unspecified atom stereocenters. The molecule has 0 bridgehead atoms. The van der Waals surface area contributed by atoms with Crippen molar-refractivity contribution in [1.82, 2.24) is 15.2 Å². The van der Waals surface area contributed by atoms with Crippen LogP contribution in [-0.4, -0.2) is 57.8 Å². The standard InChI is InChI=1S/C13H20N6O4/c1-6-3-8(13(22)23)19-11(6)10(12(19)21)7(2)17-9(20)4-18(15)5-16-14/h3,5-7,10-11H,4,14-15H2,1-2H3,(H,17,20)(H,22,23)/b16-5-. The van der Waals surface area contributed by atoms with Crippen molar-refractivity contribution < 1.29 is 19.5 Å². The van der Waals surface area contributed by atoms with E-state index in [1.165, 1.54) is 4.90 Å². The number of fused-ring (bicyclic) bond motifs is 1. The van der Waals surface area contributed by atoms with Crippen molar-refractivity contribution in [2.75, 3.05) is 6.54 Å². The third kappa shape index (κ3) is 2.97. The lowest BCUT2D eigenvalue weighted by molar-refractivity contribution is -0.158. The molecule has 126 valence electrons. The quantitative estimate of drug-likeness (QED) is 0.145. The summed E-state index contributed by atoms with van der Waals surface area (Å²) in [6.45, 7) is 3.40. The molecule has 0 spiro atoms. The van der Waals surface area contributed by atoms with Gasteiger partial charge in [-0.25, -0.2) is 10.6 Å². The number of nitrogens with two attached hydrogens (primary N) is 2. The lowest BCUT2D eigenvalue weighted by Gasteiger charge is -2.47. The average molecular weight is 324 g/mol. The first-order chi connectivity index (χ1) is 10.8. The van der Waals surface area contributed by atoms with Gasteiger partial charge in [0.2, 0.25) is 11.8 Å². The maximum absolute atomic E-state index is 12.2. The summed E-state index contributed by atoms with van der Waals surface area (Å²) < 4.78 is 0. The Labute approximate surface area is 132 Å². The molecule has 0 saturated carbocycles. The van der Waals surface area contributed by atoms with Crippen LogP contribution in [0.2, 0.25) is 0 Å². The molecule has 2 aliphatic heterocycles. The second-order valence-electron chi connectivity index (χ2n) is 5.73. The third-order valence-electron chi connectivity index (χ3n) is 4.10. The van der Waals surface area contributed by atoms with Gasteiger partial charge in [0.15, 0.2) is 0 Å². The van der Waals surface area contributed by atoms with E-state index in [2.05, 4.69) is 10.4 Å². The zero-order valence-corrected chi connectivity index (χ0v) is 12.8. The smallest absolute Gasteiger partial charge is 0.352 e. The molecule has 10 nitrogen and oxygen atoms in total. The number of hydrazone groups is 1. The van der Waals surface area contributed by atoms with Crippen molar-refractivity contribution in [2.45, 2.75) is 25.9 Å². The minimum absolute atomic E-state index is 0.00886. The van der Waals surface area contributed by atoms with Crippen LogP contribution in [0.5, 0.6) is 0 Å². The summed E-state index contributed by atoms with van der Waals surface area (Å²) in [5.41, 5.74) is 0.00886. The van der Waals surface area contributed by atoms with E-state index >= 15 is 0 Å². The van der Waals surface area contributed by atoms with Gasteiger partial charge in [0.1, 0.15) is 18.6 Å². The van der Waals surface area contributed by atoms with Gasteiger partial charge in [-0.05, 0) is 18.9 Å². The molecule has 0 aromatic carbocycles. The van der Waals surface area contributed by atoms with Gasteiger partial charge in [-0.15, -0.1) is 0 Å². The highest BCUT2D eigenvalue weighted by Gasteiger charge is 2.57. The molecule has 0 aromatic heterocycles. The van der Waals surface area contributed by atoms with Gasteiger partial charge in [-0.1, -0.05) is 6.92 Å². The Bertz CT molecular complexity index is 589. The maximum atomic E-state index is 12.2. The van der Waals surface area contributed by atoms with E-state index in [0.717, 1.165) is 11.3 Å². The largest absolute Gasteiger partial charge is 0.477 e. The molecule has 0 aromatic rings. The monoisotopic (exact) mass is 324 g/mol. The van der Waals surface area contributed by atoms with Crippen LogP contribution in [0.25, 0.3) is 0 Å². The number of amides is 2. The van der Waals surface area contributed by atoms with Crippen LogP contribution in [0.15, 0.2) is 16.9 Å². The van der Waals surface area contributed by atoms with Crippen LogP contribution in [0.1, 0.15) is 13.8 Å². The van der Waals surface area contributed by atoms with Crippen LogP contribution in [0, 0.1) is 11.8 Å². The molecular formula is C13H20N6O4. The molecular weight excluding hydrogens is 304 g/mol. The predicted octanol–water partition coefficient (Wildman–Crippen LogP) is -1.99. The summed E-state index contributed by atoms with van der Waals surface area (Å²) in [4.78, 5) is 36.6. The Morgan fingerprint density at radius 2 is 2.26 bits per heavy atom. The Hall–Kier alpha value is -2.62. The number of β-lactam (4-membered cyclic amide) rings is 1. The van der Waals surface area contributed by atoms with Crippen molar-refractivity contribution in [3.8, 4) is 0 Å². The number of carboxylic acid groups (broad SMARTS) is 1. The SMILES string of the molecule is CC1C=C(C(=O)O)N2C(=O)C(C(C)NC(=O)CN(N)/C=N\N)C12. The summed E-state index contributed by atoms with van der Waals surface area (Å²) in [5.74, 6) is 8.04. The highest BCUT2D eigenvalue weighted by atomic mass is 16.4. The number of nitrogens with zero attached hydrogens (tertiary/aromatic N) is 3. The van der Waals surface area contributed by atoms with E-state index in [1.807, 2.05) is 6.92 Å². The fraction of sp³-hybridized carbons (Fsp3) is 0.538. The van der Waals surface area contributed by atoms with E-state index in [4.69, 9.17) is 16.8 Å². The predicted molar refractivity (Wildman–Crippen MR) is 80.2 cm³/mol. The molecule has 2 aliphatic rings. The Morgan fingerprint density at radius 1 is 1.61 bits per heavy atom. The first-order valence-corrected chi connectivity index (χ1v) is 7.10. The molecule has 2 heterocycles. The molecule has 4 atom stereocenters. The molecule has 23 heavy (non-hydrogen) atoms. The summed E-state index contributed by atoms with van der Waals surface area (Å²) in [6, 6.07) is -0.688. The first-order valence-electron chi connectivity index (χ1n) is 7.10. The number of carbonyl (C=O) groups excluding carboxylic acids is 2. The number of hydrazine groups is 1. The minimum atomic E-state index is -1.12. The number of carboxylic acids is 1. The maximum Gasteiger partial charge on any atom is 0.352 e. The van der Waals surface area contributed by atoms with Crippen molar-refractivity contribution >= 4 is 24.1 Å². The number of nitrogens with one attached hydrogen (secondary N) is 1. The van der Waals surface area contributed by atoms with Crippen LogP contribution in [0.4, 0.5) is 0 Å². The van der Waals surface area contributed by atoms with E-state index in [9.17, 15) is 14.4 Å². The second kappa shape index (κ2) is 6.24. The molecule has 2 amide bonds. The number of hydrogen-bond donors (Lipinski definition) is 4. The van der Waals surface area contributed by atoms with E-state index in [0.29, 0.717) is 0 Å². The van der Waals surface area contributed by atoms with Crippen LogP contribution < -0.4 is 17.0 Å². The average Bonchev–Trinajstić information content (AvgIpc) is 2.72. The van der Waals surface area contributed by atoms with E-state index < -0.39 is 17.9 Å². The van der Waals surface area contributed by atoms with Crippen molar-refractivity contribution in [3.63, 3.8) is 0 Å². The number of rotatable bonds is 6.